The van der Waals surface area contributed by atoms with E-state index in [9.17, 15) is 22.0 Å². The average Bonchev–Trinajstić information content (AvgIpc) is 3.45. The van der Waals surface area contributed by atoms with Crippen LogP contribution >= 0.6 is 12.0 Å². The zero-order chi connectivity index (χ0) is 28.4. The lowest BCUT2D eigenvalue weighted by Gasteiger charge is -2.37. The number of ether oxygens (including phenoxy) is 1. The molecule has 2 aliphatic carbocycles. The van der Waals surface area contributed by atoms with Gasteiger partial charge in [-0.2, -0.15) is 17.2 Å². The van der Waals surface area contributed by atoms with Crippen LogP contribution in [-0.4, -0.2) is 27.1 Å². The Morgan fingerprint density at radius 1 is 1.05 bits per heavy atom. The van der Waals surface area contributed by atoms with Crippen molar-refractivity contribution in [1.29, 1.82) is 0 Å². The van der Waals surface area contributed by atoms with E-state index in [-0.39, 0.29) is 41.1 Å². The monoisotopic (exact) mass is 578 g/mol. The van der Waals surface area contributed by atoms with E-state index < -0.39 is 32.0 Å². The Morgan fingerprint density at radius 2 is 1.66 bits per heavy atom. The molecule has 3 atom stereocenters. The smallest absolute Gasteiger partial charge is 0.353 e. The molecule has 2 bridgehead atoms. The van der Waals surface area contributed by atoms with Gasteiger partial charge in [0.1, 0.15) is 11.4 Å². The van der Waals surface area contributed by atoms with E-state index in [4.69, 9.17) is 8.92 Å². The first-order valence-electron chi connectivity index (χ1n) is 12.6. The number of hydrogen-bond acceptors (Lipinski definition) is 9. The van der Waals surface area contributed by atoms with Gasteiger partial charge in [0.25, 0.3) is 0 Å². The lowest BCUT2D eigenvalue weighted by atomic mass is 9.78. The number of carbonyl (C=O) groups is 1. The zero-order valence-corrected chi connectivity index (χ0v) is 24.3. The van der Waals surface area contributed by atoms with Crippen molar-refractivity contribution in [2.24, 2.45) is 17.8 Å². The van der Waals surface area contributed by atoms with Crippen LogP contribution in [0.4, 0.5) is 8.78 Å². The Morgan fingerprint density at radius 3 is 2.11 bits per heavy atom. The minimum Gasteiger partial charge on any atom is -0.456 e. The first-order valence-corrected chi connectivity index (χ1v) is 14.8. The number of esters is 1. The van der Waals surface area contributed by atoms with Crippen molar-refractivity contribution in [2.75, 3.05) is 7.11 Å². The van der Waals surface area contributed by atoms with Gasteiger partial charge in [0.15, 0.2) is 0 Å². The molecule has 0 N–H and O–H groups in total. The second kappa shape index (κ2) is 12.2. The van der Waals surface area contributed by atoms with Crippen molar-refractivity contribution >= 4 is 28.1 Å². The van der Waals surface area contributed by atoms with Crippen LogP contribution in [0.25, 0.3) is 0 Å². The van der Waals surface area contributed by atoms with Crippen molar-refractivity contribution < 1.29 is 45.2 Å². The Labute approximate surface area is 227 Å². The van der Waals surface area contributed by atoms with Gasteiger partial charge in [-0.3, -0.25) is 0 Å². The SMILES string of the molecule is COOOSC(=C(F)F)S(=O)(=O)Oc1c(C(C)C)cc(C(=O)OC(C)(C)C2CC3CCC2C3)cc1C(C)C. The van der Waals surface area contributed by atoms with Gasteiger partial charge in [-0.25, -0.2) is 9.68 Å². The predicted octanol–water partition coefficient (Wildman–Crippen LogP) is 7.24. The Hall–Kier alpha value is -1.73. The Balaban J connectivity index is 1.95. The van der Waals surface area contributed by atoms with Gasteiger partial charge in [-0.15, -0.1) is 4.33 Å². The van der Waals surface area contributed by atoms with Crippen LogP contribution in [0.15, 0.2) is 22.5 Å². The topological polar surface area (TPSA) is 97.4 Å². The van der Waals surface area contributed by atoms with Gasteiger partial charge in [0.05, 0.1) is 24.7 Å². The van der Waals surface area contributed by atoms with Crippen molar-refractivity contribution in [3.8, 4) is 5.75 Å². The summed E-state index contributed by atoms with van der Waals surface area (Å²) in [5.74, 6) is 0.266. The number of carbonyl (C=O) groups excluding carboxylic acids is 1. The minimum absolute atomic E-state index is 0.120. The fourth-order valence-corrected chi connectivity index (χ4v) is 7.01. The Kier molecular flexibility index (Phi) is 9.89. The average molecular weight is 579 g/mol. The maximum Gasteiger partial charge on any atom is 0.353 e. The summed E-state index contributed by atoms with van der Waals surface area (Å²) in [5, 5.41) is 4.04. The summed E-state index contributed by atoms with van der Waals surface area (Å²) in [6, 6.07) is 3.01. The van der Waals surface area contributed by atoms with Gasteiger partial charge in [0, 0.05) is 5.92 Å². The van der Waals surface area contributed by atoms with Crippen LogP contribution in [0.3, 0.4) is 0 Å². The van der Waals surface area contributed by atoms with Crippen molar-refractivity contribution in [3.05, 3.63) is 39.1 Å². The number of benzene rings is 1. The fraction of sp³-hybridized carbons (Fsp3) is 0.654. The quantitative estimate of drug-likeness (QED) is 0.0635. The molecule has 0 amide bonds. The Bertz CT molecular complexity index is 1130. The van der Waals surface area contributed by atoms with E-state index in [1.54, 1.807) is 27.7 Å². The molecule has 38 heavy (non-hydrogen) atoms. The van der Waals surface area contributed by atoms with Crippen molar-refractivity contribution in [1.82, 2.24) is 0 Å². The maximum atomic E-state index is 13.5. The van der Waals surface area contributed by atoms with Gasteiger partial charge < -0.3 is 8.92 Å². The zero-order valence-electron chi connectivity index (χ0n) is 22.7. The van der Waals surface area contributed by atoms with E-state index in [0.717, 1.165) is 20.0 Å². The third-order valence-electron chi connectivity index (χ3n) is 7.39. The minimum atomic E-state index is -5.03. The van der Waals surface area contributed by atoms with E-state index in [1.807, 2.05) is 13.8 Å². The lowest BCUT2D eigenvalue weighted by Crippen LogP contribution is -2.39. The highest BCUT2D eigenvalue weighted by atomic mass is 32.3. The van der Waals surface area contributed by atoms with Crippen LogP contribution in [-0.2, 0) is 29.1 Å². The summed E-state index contributed by atoms with van der Waals surface area (Å²) < 4.78 is 66.8. The molecule has 2 saturated carbocycles. The van der Waals surface area contributed by atoms with E-state index in [0.29, 0.717) is 23.0 Å². The van der Waals surface area contributed by atoms with Gasteiger partial charge in [0.2, 0.25) is 4.24 Å². The normalized spacial score (nSPS) is 21.3. The number of hydrogen-bond donors (Lipinski definition) is 0. The molecule has 214 valence electrons. The second-order valence-electron chi connectivity index (χ2n) is 11.0. The van der Waals surface area contributed by atoms with Crippen LogP contribution < -0.4 is 4.18 Å². The van der Waals surface area contributed by atoms with Crippen LogP contribution in [0.1, 0.15) is 101 Å². The molecule has 1 aromatic carbocycles. The van der Waals surface area contributed by atoms with Crippen molar-refractivity contribution in [3.63, 3.8) is 0 Å². The first-order chi connectivity index (χ1) is 17.7. The molecule has 0 heterocycles. The second-order valence-corrected chi connectivity index (χ2v) is 13.5. The molecule has 12 heteroatoms. The first kappa shape index (κ1) is 30.8. The molecule has 0 aromatic heterocycles. The fourth-order valence-electron chi connectivity index (χ4n) is 5.60. The molecule has 0 spiro atoms. The van der Waals surface area contributed by atoms with Gasteiger partial charge in [-0.1, -0.05) is 39.2 Å². The summed E-state index contributed by atoms with van der Waals surface area (Å²) in [6.45, 7) is 11.0. The van der Waals surface area contributed by atoms with Crippen molar-refractivity contribution in [2.45, 2.75) is 84.7 Å². The predicted molar refractivity (Wildman–Crippen MR) is 139 cm³/mol. The van der Waals surface area contributed by atoms with E-state index >= 15 is 0 Å². The van der Waals surface area contributed by atoms with E-state index in [2.05, 4.69) is 14.3 Å². The lowest BCUT2D eigenvalue weighted by molar-refractivity contribution is -0.447. The largest absolute Gasteiger partial charge is 0.456 e. The number of fused-ring (bicyclic) bond motifs is 2. The molecular weight excluding hydrogens is 542 g/mol. The molecule has 0 radical (unpaired) electrons. The molecule has 0 saturated heterocycles. The molecule has 3 unspecified atom stereocenters. The van der Waals surface area contributed by atoms with Crippen LogP contribution in [0.5, 0.6) is 5.75 Å². The highest BCUT2D eigenvalue weighted by Crippen LogP contribution is 2.53. The molecular formula is C26H36F2O8S2. The standard InChI is InChI=1S/C26H36F2O8S2/c1-14(2)19-12-18(24(29)33-26(5,6)21-11-16-8-9-17(21)10-16)13-20(15(3)4)22(19)34-38(30,31)25(23(27)28)37-36-35-32-7/h12-17,21H,8-11H2,1-7H3. The third-order valence-corrected chi connectivity index (χ3v) is 9.63. The third kappa shape index (κ3) is 6.88. The van der Waals surface area contributed by atoms with E-state index in [1.165, 1.54) is 25.0 Å². The van der Waals surface area contributed by atoms with Gasteiger partial charge in [-0.05, 0) is 80.0 Å². The number of halogens is 2. The highest BCUT2D eigenvalue weighted by molar-refractivity contribution is 8.14. The highest BCUT2D eigenvalue weighted by Gasteiger charge is 2.48. The number of rotatable bonds is 12. The summed E-state index contributed by atoms with van der Waals surface area (Å²) in [6.07, 6.45) is 2.07. The summed E-state index contributed by atoms with van der Waals surface area (Å²) in [7, 11) is -3.98. The molecule has 8 nitrogen and oxygen atoms in total. The van der Waals surface area contributed by atoms with Crippen LogP contribution in [0.2, 0.25) is 0 Å². The molecule has 2 aliphatic rings. The summed E-state index contributed by atoms with van der Waals surface area (Å²) in [5.41, 5.74) is 0.312. The molecule has 1 aromatic rings. The van der Waals surface area contributed by atoms with Gasteiger partial charge >= 0.3 is 22.2 Å². The summed E-state index contributed by atoms with van der Waals surface area (Å²) >= 11 is -0.264. The molecule has 0 aliphatic heterocycles. The molecule has 2 fully saturated rings. The maximum absolute atomic E-state index is 13.5. The summed E-state index contributed by atoms with van der Waals surface area (Å²) in [4.78, 5) is 17.5. The van der Waals surface area contributed by atoms with Crippen LogP contribution in [0, 0.1) is 17.8 Å². The molecule has 3 rings (SSSR count).